The Bertz CT molecular complexity index is 2830. The third kappa shape index (κ3) is 32.9. The summed E-state index contributed by atoms with van der Waals surface area (Å²) in [6.07, 6.45) is 6.83. The minimum Gasteiger partial charge on any atom is -0.380 e. The van der Waals surface area contributed by atoms with Crippen LogP contribution in [-0.4, -0.2) is 63.2 Å². The molecule has 0 bridgehead atoms. The summed E-state index contributed by atoms with van der Waals surface area (Å²) in [7, 11) is -19.8. The van der Waals surface area contributed by atoms with Crippen LogP contribution < -0.4 is 97.5 Å². The molecule has 0 saturated heterocycles. The molecule has 8 aromatic rings. The number of rotatable bonds is 10. The predicted octanol–water partition coefficient (Wildman–Crippen LogP) is -13.8. The maximum absolute atomic E-state index is 8.49. The fraction of sp³-hybridized carbons (Fsp3) is 0. The van der Waals surface area contributed by atoms with Crippen molar-refractivity contribution < 1.29 is 154 Å². The van der Waals surface area contributed by atoms with Crippen molar-refractivity contribution in [3.05, 3.63) is 193 Å². The Morgan fingerprint density at radius 2 is 0.415 bits per heavy atom. The quantitative estimate of drug-likeness (QED) is 0.0427. The van der Waals surface area contributed by atoms with E-state index < -0.39 is 41.0 Å². The first-order valence-corrected chi connectivity index (χ1v) is 25.7. The van der Waals surface area contributed by atoms with Crippen LogP contribution in [0, 0.1) is 41.0 Å². The van der Waals surface area contributed by atoms with Crippen molar-refractivity contribution in [3.63, 3.8) is 0 Å². The SMILES string of the molecule is N/C(=N\N=C(/N)c1cccc(-c2ccccn2)n1)c1cccc(-c2ccccn2)n1.N/C(=N\N=C(/N)c1cccc(-c2ccccn2)n1)c1cccc(-c2ccccn2)n1.[O-][Cl+3]([O-])([O-])[O-].[O-][Cl+3]([O-])([O-])[O-].[O-][Cl+3]([O-])([O-])[O-].[O-][Cl+3]([O-])([O-])[O-].[Zn+2].[Zn+2]. The summed E-state index contributed by atoms with van der Waals surface area (Å²) < 4.78 is 136. The Kier molecular flexibility index (Phi) is 31.7. The van der Waals surface area contributed by atoms with Gasteiger partial charge in [-0.15, -0.1) is 61.4 Å². The standard InChI is InChI=1S/2C22H18N8.4ClHO4.2Zn/c2*23-21(19-11-5-9-17(27-19)15-7-1-3-13-25-15)29-30-22(24)20-12-6-10-18(28-20)16-8-2-4-14-26-16;4*2-1(3,4)5;;/h2*1-14H,(H2,23,29)(H2,24,30);4*(H,2,3,4,5);;/q;;;;;;2*+2/p-4. The Labute approximate surface area is 496 Å². The fourth-order valence-electron chi connectivity index (χ4n) is 5.36. The molecule has 8 aromatic heterocycles. The summed E-state index contributed by atoms with van der Waals surface area (Å²) in [4.78, 5) is 35.2. The maximum atomic E-state index is 8.49. The van der Waals surface area contributed by atoms with Crippen LogP contribution in [-0.2, 0) is 39.0 Å². The maximum Gasteiger partial charge on any atom is 2.00 e. The van der Waals surface area contributed by atoms with Gasteiger partial charge in [0.1, 0.15) is 22.8 Å². The van der Waals surface area contributed by atoms with Gasteiger partial charge in [0.05, 0.1) is 45.6 Å². The van der Waals surface area contributed by atoms with Gasteiger partial charge in [0.2, 0.25) is 0 Å². The van der Waals surface area contributed by atoms with Gasteiger partial charge in [0.25, 0.3) is 0 Å². The predicted molar refractivity (Wildman–Crippen MR) is 233 cm³/mol. The van der Waals surface area contributed by atoms with Crippen LogP contribution in [0.2, 0.25) is 0 Å². The molecule has 8 heterocycles. The Morgan fingerprint density at radius 3 is 0.561 bits per heavy atom. The first-order valence-electron chi connectivity index (χ1n) is 20.8. The summed E-state index contributed by atoms with van der Waals surface area (Å²) in [6.45, 7) is 0. The molecule has 0 aliphatic rings. The van der Waals surface area contributed by atoms with Gasteiger partial charge in [-0.1, -0.05) is 48.5 Å². The molecule has 0 spiro atoms. The van der Waals surface area contributed by atoms with E-state index in [1.165, 1.54) is 0 Å². The van der Waals surface area contributed by atoms with Gasteiger partial charge in [-0.25, -0.2) is 94.5 Å². The Balaban J connectivity index is 0.000000606. The van der Waals surface area contributed by atoms with Crippen molar-refractivity contribution in [2.24, 2.45) is 43.3 Å². The van der Waals surface area contributed by atoms with Gasteiger partial charge < -0.3 is 22.9 Å². The average Bonchev–Trinajstić information content (AvgIpc) is 3.41. The first kappa shape index (κ1) is 72.9. The van der Waals surface area contributed by atoms with Gasteiger partial charge in [-0.3, -0.25) is 19.9 Å². The van der Waals surface area contributed by atoms with Crippen LogP contribution in [0.25, 0.3) is 45.6 Å². The molecular weight excluding hydrogens is 1280 g/mol. The van der Waals surface area contributed by atoms with Crippen LogP contribution in [0.1, 0.15) is 22.8 Å². The third-order valence-electron chi connectivity index (χ3n) is 8.29. The fourth-order valence-corrected chi connectivity index (χ4v) is 5.36. The molecule has 38 heteroatoms. The molecule has 0 amide bonds. The zero-order valence-corrected chi connectivity index (χ0v) is 50.3. The van der Waals surface area contributed by atoms with E-state index in [4.69, 9.17) is 97.5 Å². The van der Waals surface area contributed by atoms with Crippen LogP contribution in [0.5, 0.6) is 0 Å². The van der Waals surface area contributed by atoms with E-state index in [9.17, 15) is 0 Å². The minimum absolute atomic E-state index is 0. The van der Waals surface area contributed by atoms with E-state index >= 15 is 0 Å². The minimum atomic E-state index is -4.94. The van der Waals surface area contributed by atoms with Crippen molar-refractivity contribution >= 4 is 23.3 Å². The molecule has 0 aromatic carbocycles. The second-order valence-corrected chi connectivity index (χ2v) is 17.0. The summed E-state index contributed by atoms with van der Waals surface area (Å²) >= 11 is 0. The number of nitrogens with zero attached hydrogens (tertiary/aromatic N) is 12. The van der Waals surface area contributed by atoms with E-state index in [2.05, 4.69) is 60.3 Å². The van der Waals surface area contributed by atoms with E-state index in [1.807, 2.05) is 121 Å². The zero-order chi connectivity index (χ0) is 59.5. The molecule has 32 nitrogen and oxygen atoms in total. The molecule has 0 aliphatic heterocycles. The van der Waals surface area contributed by atoms with Crippen LogP contribution in [0.3, 0.4) is 0 Å². The van der Waals surface area contributed by atoms with Crippen LogP contribution in [0.15, 0.2) is 191 Å². The van der Waals surface area contributed by atoms with Crippen molar-refractivity contribution in [1.82, 2.24) is 39.9 Å². The monoisotopic (exact) mass is 1310 g/mol. The summed E-state index contributed by atoms with van der Waals surface area (Å²) in [6, 6.07) is 44.2. The average molecular weight is 1320 g/mol. The second-order valence-electron chi connectivity index (χ2n) is 13.9. The number of halogens is 4. The number of hydrogen-bond acceptors (Lipinski definition) is 28. The van der Waals surface area contributed by atoms with Gasteiger partial charge >= 0.3 is 39.0 Å². The Hall–Kier alpha value is -7.15. The third-order valence-corrected chi connectivity index (χ3v) is 8.29. The van der Waals surface area contributed by atoms with Crippen molar-refractivity contribution in [3.8, 4) is 45.6 Å². The van der Waals surface area contributed by atoms with Crippen molar-refractivity contribution in [2.45, 2.75) is 0 Å². The molecule has 8 N–H and O–H groups in total. The molecule has 0 unspecified atom stereocenters. The number of amidine groups is 4. The van der Waals surface area contributed by atoms with E-state index in [-0.39, 0.29) is 62.3 Å². The van der Waals surface area contributed by atoms with Crippen molar-refractivity contribution in [2.75, 3.05) is 0 Å². The molecule has 0 atom stereocenters. The number of nitrogens with two attached hydrogens (primary N) is 4. The molecule has 0 fully saturated rings. The number of hydrogen-bond donors (Lipinski definition) is 4. The molecule has 8 rings (SSSR count). The second kappa shape index (κ2) is 35.6. The van der Waals surface area contributed by atoms with Gasteiger partial charge in [-0.05, 0) is 97.1 Å². The molecule has 420 valence electrons. The van der Waals surface area contributed by atoms with E-state index in [0.717, 1.165) is 22.8 Å². The normalized spacial score (nSPS) is 11.7. The molecule has 82 heavy (non-hydrogen) atoms. The number of pyridine rings is 8. The first-order chi connectivity index (χ1) is 37.4. The molecule has 0 radical (unpaired) electrons. The molecule has 0 aliphatic carbocycles. The summed E-state index contributed by atoms with van der Waals surface area (Å²) in [5, 5.41) is 16.1. The van der Waals surface area contributed by atoms with Crippen LogP contribution >= 0.6 is 0 Å². The molecule has 0 saturated carbocycles. The van der Waals surface area contributed by atoms with Gasteiger partial charge in [0.15, 0.2) is 23.3 Å². The Morgan fingerprint density at radius 1 is 0.256 bits per heavy atom. The van der Waals surface area contributed by atoms with Crippen molar-refractivity contribution in [1.29, 1.82) is 0 Å². The van der Waals surface area contributed by atoms with E-state index in [0.29, 0.717) is 45.6 Å². The van der Waals surface area contributed by atoms with E-state index in [1.54, 1.807) is 49.1 Å². The summed E-state index contributed by atoms with van der Waals surface area (Å²) in [5.74, 6) is 0.543. The summed E-state index contributed by atoms with van der Waals surface area (Å²) in [5.41, 5.74) is 31.9. The zero-order valence-electron chi connectivity index (χ0n) is 41.3. The largest absolute Gasteiger partial charge is 2.00 e. The number of aromatic nitrogens is 8. The van der Waals surface area contributed by atoms with Gasteiger partial charge in [0, 0.05) is 24.8 Å². The van der Waals surface area contributed by atoms with Crippen LogP contribution in [0.4, 0.5) is 0 Å². The smallest absolute Gasteiger partial charge is 0.380 e. The molecular formula is C44H36Cl4N16O16Zn2. The topological polar surface area (TPSA) is 626 Å². The van der Waals surface area contributed by atoms with Gasteiger partial charge in [-0.2, -0.15) is 0 Å².